The van der Waals surface area contributed by atoms with E-state index in [9.17, 15) is 10.2 Å². The second kappa shape index (κ2) is 4.36. The highest BCUT2D eigenvalue weighted by Gasteiger charge is 2.54. The molecule has 4 aliphatic rings. The summed E-state index contributed by atoms with van der Waals surface area (Å²) in [7, 11) is 0. The van der Waals surface area contributed by atoms with E-state index in [1.807, 2.05) is 12.2 Å². The van der Waals surface area contributed by atoms with Gasteiger partial charge in [-0.2, -0.15) is 0 Å². The number of hydrogen-bond acceptors (Lipinski definition) is 3. The van der Waals surface area contributed by atoms with Crippen molar-refractivity contribution in [2.75, 3.05) is 0 Å². The summed E-state index contributed by atoms with van der Waals surface area (Å²) in [6.07, 6.45) is 12.6. The lowest BCUT2D eigenvalue weighted by atomic mass is 9.52. The van der Waals surface area contributed by atoms with E-state index in [2.05, 4.69) is 32.1 Å². The molecule has 0 aliphatic heterocycles. The Morgan fingerprint density at radius 3 is 2.77 bits per heavy atom. The molecule has 0 spiro atoms. The number of aliphatic hydroxyl groups excluding tert-OH is 2. The van der Waals surface area contributed by atoms with Gasteiger partial charge in [0.05, 0.1) is 6.10 Å². The zero-order valence-electron chi connectivity index (χ0n) is 13.3. The summed E-state index contributed by atoms with van der Waals surface area (Å²) in [6.45, 7) is 4.50. The first kappa shape index (κ1) is 14.3. The normalized spacial score (nSPS) is 49.5. The minimum absolute atomic E-state index is 0.0272. The molecule has 118 valence electrons. The standard InChI is InChI=1S/C19H25NO2/c1-18-7-5-12(21)9-11(18)10-15(22)17-13-3-4-16(20)19(13,2)8-6-14(17)18/h3-5,7,10,12-14,16,21-22H,6,8-9,20H2,1-2H3/t12-,13-,14-,16-,18-,19-/m0/s1. The van der Waals surface area contributed by atoms with Gasteiger partial charge in [-0.05, 0) is 42.2 Å². The van der Waals surface area contributed by atoms with Crippen molar-refractivity contribution in [1.29, 1.82) is 0 Å². The van der Waals surface area contributed by atoms with Crippen molar-refractivity contribution in [2.45, 2.75) is 45.3 Å². The van der Waals surface area contributed by atoms with Gasteiger partial charge in [-0.3, -0.25) is 0 Å². The Kier molecular flexibility index (Phi) is 2.83. The molecule has 1 fully saturated rings. The van der Waals surface area contributed by atoms with Crippen molar-refractivity contribution in [3.05, 3.63) is 47.3 Å². The van der Waals surface area contributed by atoms with Gasteiger partial charge in [0.2, 0.25) is 0 Å². The predicted octanol–water partition coefficient (Wildman–Crippen LogP) is 3.00. The van der Waals surface area contributed by atoms with Crippen molar-refractivity contribution < 1.29 is 10.2 Å². The van der Waals surface area contributed by atoms with E-state index in [4.69, 9.17) is 5.73 Å². The molecule has 22 heavy (non-hydrogen) atoms. The fourth-order valence-corrected chi connectivity index (χ4v) is 5.18. The molecule has 0 bridgehead atoms. The Balaban J connectivity index is 1.85. The van der Waals surface area contributed by atoms with E-state index < -0.39 is 6.10 Å². The van der Waals surface area contributed by atoms with Gasteiger partial charge >= 0.3 is 0 Å². The number of fused-ring (bicyclic) bond motifs is 5. The minimum Gasteiger partial charge on any atom is -0.508 e. The van der Waals surface area contributed by atoms with Gasteiger partial charge in [-0.1, -0.05) is 43.7 Å². The van der Waals surface area contributed by atoms with E-state index in [-0.39, 0.29) is 22.8 Å². The van der Waals surface area contributed by atoms with Crippen LogP contribution in [0, 0.1) is 22.7 Å². The molecule has 0 unspecified atom stereocenters. The number of rotatable bonds is 0. The van der Waals surface area contributed by atoms with Crippen LogP contribution in [0.4, 0.5) is 0 Å². The topological polar surface area (TPSA) is 66.5 Å². The molecule has 3 nitrogen and oxygen atoms in total. The molecule has 4 N–H and O–H groups in total. The maximum Gasteiger partial charge on any atom is 0.115 e. The molecule has 4 rings (SSSR count). The van der Waals surface area contributed by atoms with Crippen LogP contribution in [0.3, 0.4) is 0 Å². The highest BCUT2D eigenvalue weighted by atomic mass is 16.3. The minimum atomic E-state index is -0.428. The number of allylic oxidation sites excluding steroid dienone is 4. The molecule has 6 atom stereocenters. The molecule has 0 saturated heterocycles. The van der Waals surface area contributed by atoms with Crippen molar-refractivity contribution >= 4 is 0 Å². The Hall–Kier alpha value is -1.32. The largest absolute Gasteiger partial charge is 0.508 e. The van der Waals surface area contributed by atoms with Gasteiger partial charge in [0.15, 0.2) is 0 Å². The van der Waals surface area contributed by atoms with Gasteiger partial charge in [0.1, 0.15) is 5.76 Å². The molecule has 0 aromatic heterocycles. The summed E-state index contributed by atoms with van der Waals surface area (Å²) in [5.41, 5.74) is 8.58. The predicted molar refractivity (Wildman–Crippen MR) is 87.0 cm³/mol. The molecule has 3 heteroatoms. The third-order valence-corrected chi connectivity index (χ3v) is 6.78. The lowest BCUT2D eigenvalue weighted by molar-refractivity contribution is 0.112. The first-order valence-electron chi connectivity index (χ1n) is 8.31. The molecular formula is C19H25NO2. The second-order valence-electron chi connectivity index (χ2n) is 7.91. The Labute approximate surface area is 131 Å². The van der Waals surface area contributed by atoms with Crippen LogP contribution in [-0.2, 0) is 0 Å². The molecule has 1 saturated carbocycles. The first-order chi connectivity index (χ1) is 10.4. The van der Waals surface area contributed by atoms with Crippen molar-refractivity contribution in [3.8, 4) is 0 Å². The van der Waals surface area contributed by atoms with Crippen LogP contribution in [-0.4, -0.2) is 22.4 Å². The van der Waals surface area contributed by atoms with E-state index in [1.54, 1.807) is 0 Å². The maximum atomic E-state index is 10.7. The zero-order chi connectivity index (χ0) is 15.7. The molecule has 4 aliphatic carbocycles. The SMILES string of the molecule is C[C@]12CC[C@H]3C(=C(O)C=C4C[C@@H](O)C=C[C@@]43C)[C@@H]1C=C[C@@H]2N. The van der Waals surface area contributed by atoms with Gasteiger partial charge in [0.25, 0.3) is 0 Å². The van der Waals surface area contributed by atoms with Crippen LogP contribution >= 0.6 is 0 Å². The number of hydrogen-bond donors (Lipinski definition) is 3. The molecule has 0 aromatic rings. The van der Waals surface area contributed by atoms with Crippen molar-refractivity contribution in [3.63, 3.8) is 0 Å². The van der Waals surface area contributed by atoms with Crippen LogP contribution in [0.15, 0.2) is 47.3 Å². The van der Waals surface area contributed by atoms with Crippen LogP contribution in [0.5, 0.6) is 0 Å². The van der Waals surface area contributed by atoms with Gasteiger partial charge in [-0.15, -0.1) is 0 Å². The molecular weight excluding hydrogens is 274 g/mol. The summed E-state index contributed by atoms with van der Waals surface area (Å²) in [5, 5.41) is 20.6. The summed E-state index contributed by atoms with van der Waals surface area (Å²) < 4.78 is 0. The molecule has 0 amide bonds. The van der Waals surface area contributed by atoms with Crippen LogP contribution in [0.2, 0.25) is 0 Å². The lowest BCUT2D eigenvalue weighted by Gasteiger charge is -2.52. The first-order valence-corrected chi connectivity index (χ1v) is 8.31. The van der Waals surface area contributed by atoms with Crippen LogP contribution in [0.1, 0.15) is 33.1 Å². The highest BCUT2D eigenvalue weighted by Crippen LogP contribution is 2.61. The highest BCUT2D eigenvalue weighted by molar-refractivity contribution is 5.47. The Bertz CT molecular complexity index is 644. The van der Waals surface area contributed by atoms with Gasteiger partial charge in [-0.25, -0.2) is 0 Å². The van der Waals surface area contributed by atoms with E-state index in [0.717, 1.165) is 24.0 Å². The third-order valence-electron chi connectivity index (χ3n) is 6.78. The second-order valence-corrected chi connectivity index (χ2v) is 7.91. The fraction of sp³-hybridized carbons (Fsp3) is 0.579. The van der Waals surface area contributed by atoms with Crippen LogP contribution in [0.25, 0.3) is 0 Å². The average Bonchev–Trinajstić information content (AvgIpc) is 2.77. The third kappa shape index (κ3) is 1.64. The van der Waals surface area contributed by atoms with E-state index in [0.29, 0.717) is 18.1 Å². The number of aliphatic hydroxyl groups is 2. The lowest BCUT2D eigenvalue weighted by Crippen LogP contribution is -2.48. The summed E-state index contributed by atoms with van der Waals surface area (Å²) in [6, 6.07) is 0.0700. The summed E-state index contributed by atoms with van der Waals surface area (Å²) >= 11 is 0. The Morgan fingerprint density at radius 2 is 2.00 bits per heavy atom. The smallest absolute Gasteiger partial charge is 0.115 e. The molecule has 0 radical (unpaired) electrons. The maximum absolute atomic E-state index is 10.7. The van der Waals surface area contributed by atoms with E-state index >= 15 is 0 Å². The van der Waals surface area contributed by atoms with Crippen molar-refractivity contribution in [2.24, 2.45) is 28.4 Å². The zero-order valence-corrected chi connectivity index (χ0v) is 13.3. The Morgan fingerprint density at radius 1 is 1.23 bits per heavy atom. The number of nitrogens with two attached hydrogens (primary N) is 1. The van der Waals surface area contributed by atoms with E-state index in [1.165, 1.54) is 0 Å². The van der Waals surface area contributed by atoms with Gasteiger partial charge < -0.3 is 15.9 Å². The molecule has 0 aromatic carbocycles. The fourth-order valence-electron chi connectivity index (χ4n) is 5.18. The van der Waals surface area contributed by atoms with Crippen molar-refractivity contribution in [1.82, 2.24) is 0 Å². The van der Waals surface area contributed by atoms with Gasteiger partial charge in [0, 0.05) is 17.4 Å². The monoisotopic (exact) mass is 299 g/mol. The quantitative estimate of drug-likeness (QED) is 0.602. The average molecular weight is 299 g/mol. The van der Waals surface area contributed by atoms with Crippen LogP contribution < -0.4 is 5.73 Å². The summed E-state index contributed by atoms with van der Waals surface area (Å²) in [5.74, 6) is 0.954. The molecule has 0 heterocycles. The summed E-state index contributed by atoms with van der Waals surface area (Å²) in [4.78, 5) is 0.